The van der Waals surface area contributed by atoms with E-state index in [4.69, 9.17) is 77.1 Å². The summed E-state index contributed by atoms with van der Waals surface area (Å²) in [5, 5.41) is 3.98. The Kier molecular flexibility index (Phi) is 12.1. The molecule has 13 heteroatoms. The van der Waals surface area contributed by atoms with Gasteiger partial charge in [0.05, 0.1) is 40.1 Å². The summed E-state index contributed by atoms with van der Waals surface area (Å²) in [7, 11) is 1.48. The largest absolute Gasteiger partial charge is 0.494 e. The molecule has 198 valence electrons. The van der Waals surface area contributed by atoms with Crippen molar-refractivity contribution in [1.82, 2.24) is 0 Å². The van der Waals surface area contributed by atoms with Gasteiger partial charge in [0.25, 0.3) is 0 Å². The van der Waals surface area contributed by atoms with Crippen molar-refractivity contribution < 1.29 is 32.2 Å². The second-order valence-corrected chi connectivity index (χ2v) is 9.35. The maximum Gasteiger partial charge on any atom is 0.416 e. The van der Waals surface area contributed by atoms with Crippen LogP contribution in [-0.2, 0) is 11.0 Å². The molecule has 0 fully saturated rings. The van der Waals surface area contributed by atoms with Crippen LogP contribution in [0.1, 0.15) is 30.9 Å². The molecule has 0 saturated carbocycles. The first-order valence-corrected chi connectivity index (χ1v) is 12.2. The van der Waals surface area contributed by atoms with Crippen LogP contribution in [0.4, 0.5) is 13.2 Å². The highest BCUT2D eigenvalue weighted by molar-refractivity contribution is 6.55. The lowest BCUT2D eigenvalue weighted by molar-refractivity contribution is -0.137. The number of methoxy groups -OCH3 is 1. The number of unbranched alkanes of at least 4 members (excludes halogenated alkanes) is 1. The van der Waals surface area contributed by atoms with Crippen LogP contribution in [0.25, 0.3) is 0 Å². The van der Waals surface area contributed by atoms with E-state index in [9.17, 15) is 13.2 Å². The van der Waals surface area contributed by atoms with Crippen molar-refractivity contribution in [2.75, 3.05) is 26.9 Å². The standard InChI is InChI=1S/C23H21Cl5F3NO4/c1-13(16-11-15(34-8-5-20(27)28)12-19(26)21(16)33-2)32-36-7-4-3-6-35-22-17(24)9-14(10-18(22)25)23(29,30)31/h5,9-12H,3-4,6-8H2,1-2H3/b32-13+. The predicted octanol–water partition coefficient (Wildman–Crippen LogP) is 8.97. The molecule has 36 heavy (non-hydrogen) atoms. The lowest BCUT2D eigenvalue weighted by Gasteiger charge is -2.13. The Labute approximate surface area is 231 Å². The number of nitrogens with zero attached hydrogens (tertiary/aromatic N) is 1. The lowest BCUT2D eigenvalue weighted by atomic mass is 10.1. The van der Waals surface area contributed by atoms with Crippen LogP contribution < -0.4 is 14.2 Å². The summed E-state index contributed by atoms with van der Waals surface area (Å²) in [6.45, 7) is 2.27. The molecule has 2 rings (SSSR count). The monoisotopic (exact) mass is 607 g/mol. The Morgan fingerprint density at radius 1 is 0.917 bits per heavy atom. The number of hydrogen-bond donors (Lipinski definition) is 0. The Balaban J connectivity index is 1.89. The summed E-state index contributed by atoms with van der Waals surface area (Å²) in [4.78, 5) is 5.37. The normalized spacial score (nSPS) is 11.8. The van der Waals surface area contributed by atoms with Crippen molar-refractivity contribution in [3.05, 3.63) is 61.0 Å². The summed E-state index contributed by atoms with van der Waals surface area (Å²) < 4.78 is 54.9. The summed E-state index contributed by atoms with van der Waals surface area (Å²) >= 11 is 29.2. The number of alkyl halides is 3. The Hall–Kier alpha value is -1.71. The molecule has 0 aliphatic carbocycles. The smallest absolute Gasteiger partial charge is 0.416 e. The first kappa shape index (κ1) is 30.5. The highest BCUT2D eigenvalue weighted by Crippen LogP contribution is 2.40. The van der Waals surface area contributed by atoms with Gasteiger partial charge in [0, 0.05) is 11.6 Å². The zero-order valence-electron chi connectivity index (χ0n) is 19.0. The van der Waals surface area contributed by atoms with E-state index < -0.39 is 11.7 Å². The fourth-order valence-electron chi connectivity index (χ4n) is 2.82. The molecule has 0 bridgehead atoms. The lowest BCUT2D eigenvalue weighted by Crippen LogP contribution is -2.06. The summed E-state index contributed by atoms with van der Waals surface area (Å²) in [5.74, 6) is 0.850. The van der Waals surface area contributed by atoms with Crippen LogP contribution in [0, 0.1) is 0 Å². The van der Waals surface area contributed by atoms with E-state index in [-0.39, 0.29) is 40.1 Å². The van der Waals surface area contributed by atoms with Gasteiger partial charge >= 0.3 is 6.18 Å². The molecule has 2 aromatic rings. The predicted molar refractivity (Wildman–Crippen MR) is 138 cm³/mol. The topological polar surface area (TPSA) is 49.3 Å². The minimum atomic E-state index is -4.55. The number of benzene rings is 2. The molecular formula is C23H21Cl5F3NO4. The summed E-state index contributed by atoms with van der Waals surface area (Å²) in [6, 6.07) is 4.82. The van der Waals surface area contributed by atoms with Crippen molar-refractivity contribution in [2.45, 2.75) is 25.9 Å². The van der Waals surface area contributed by atoms with Gasteiger partial charge in [-0.15, -0.1) is 0 Å². The molecule has 0 saturated heterocycles. The SMILES string of the molecule is COc1c(Cl)cc(OCC=C(Cl)Cl)cc1/C(C)=N/OCCCCOc1c(Cl)cc(C(F)(F)F)cc1Cl. The van der Waals surface area contributed by atoms with Crippen LogP contribution in [0.3, 0.4) is 0 Å². The van der Waals surface area contributed by atoms with Crippen LogP contribution in [0.15, 0.2) is 40.0 Å². The number of hydrogen-bond acceptors (Lipinski definition) is 5. The molecule has 0 radical (unpaired) electrons. The maximum atomic E-state index is 12.8. The fraction of sp³-hybridized carbons (Fsp3) is 0.348. The molecule has 0 unspecified atom stereocenters. The van der Waals surface area contributed by atoms with Crippen molar-refractivity contribution in [1.29, 1.82) is 0 Å². The van der Waals surface area contributed by atoms with E-state index in [1.165, 1.54) is 13.2 Å². The molecular weight excluding hydrogens is 589 g/mol. The van der Waals surface area contributed by atoms with Gasteiger partial charge in [0.15, 0.2) is 5.75 Å². The van der Waals surface area contributed by atoms with Gasteiger partial charge in [-0.25, -0.2) is 0 Å². The minimum Gasteiger partial charge on any atom is -0.494 e. The van der Waals surface area contributed by atoms with Gasteiger partial charge in [-0.3, -0.25) is 0 Å². The Bertz CT molecular complexity index is 1080. The molecule has 0 aromatic heterocycles. The van der Waals surface area contributed by atoms with Crippen LogP contribution in [0.2, 0.25) is 15.1 Å². The second-order valence-electron chi connectivity index (χ2n) is 7.12. The molecule has 0 N–H and O–H groups in total. The van der Waals surface area contributed by atoms with E-state index >= 15 is 0 Å². The quantitative estimate of drug-likeness (QED) is 0.137. The number of oxime groups is 1. The zero-order valence-corrected chi connectivity index (χ0v) is 22.8. The van der Waals surface area contributed by atoms with E-state index in [0.29, 0.717) is 40.6 Å². The number of halogens is 8. The number of ether oxygens (including phenoxy) is 3. The van der Waals surface area contributed by atoms with Crippen molar-refractivity contribution in [3.8, 4) is 17.2 Å². The van der Waals surface area contributed by atoms with E-state index in [1.807, 2.05) is 0 Å². The fourth-order valence-corrected chi connectivity index (χ4v) is 3.83. The van der Waals surface area contributed by atoms with Gasteiger partial charge < -0.3 is 19.0 Å². The molecule has 0 amide bonds. The minimum absolute atomic E-state index is 0.00370. The molecule has 0 heterocycles. The average molecular weight is 610 g/mol. The Morgan fingerprint density at radius 3 is 2.11 bits per heavy atom. The van der Waals surface area contributed by atoms with E-state index in [1.54, 1.807) is 19.1 Å². The molecule has 2 aromatic carbocycles. The second kappa shape index (κ2) is 14.3. The van der Waals surface area contributed by atoms with Crippen molar-refractivity contribution in [2.24, 2.45) is 5.16 Å². The van der Waals surface area contributed by atoms with Gasteiger partial charge in [0.1, 0.15) is 29.2 Å². The van der Waals surface area contributed by atoms with Crippen LogP contribution >= 0.6 is 58.0 Å². The Morgan fingerprint density at radius 2 is 1.53 bits per heavy atom. The van der Waals surface area contributed by atoms with Gasteiger partial charge in [-0.1, -0.05) is 63.2 Å². The summed E-state index contributed by atoms with van der Waals surface area (Å²) in [6.07, 6.45) is -2.02. The highest BCUT2D eigenvalue weighted by Gasteiger charge is 2.32. The maximum absolute atomic E-state index is 12.8. The summed E-state index contributed by atoms with van der Waals surface area (Å²) in [5.41, 5.74) is 0.110. The van der Waals surface area contributed by atoms with Crippen molar-refractivity contribution in [3.63, 3.8) is 0 Å². The van der Waals surface area contributed by atoms with Gasteiger partial charge in [-0.2, -0.15) is 13.2 Å². The van der Waals surface area contributed by atoms with Gasteiger partial charge in [-0.05, 0) is 44.0 Å². The van der Waals surface area contributed by atoms with Gasteiger partial charge in [0.2, 0.25) is 0 Å². The zero-order chi connectivity index (χ0) is 26.9. The molecule has 0 atom stereocenters. The molecule has 0 aliphatic heterocycles. The van der Waals surface area contributed by atoms with Crippen LogP contribution in [-0.4, -0.2) is 32.6 Å². The van der Waals surface area contributed by atoms with Crippen LogP contribution in [0.5, 0.6) is 17.2 Å². The molecule has 0 spiro atoms. The first-order valence-electron chi connectivity index (χ1n) is 10.3. The average Bonchev–Trinajstić information content (AvgIpc) is 2.78. The van der Waals surface area contributed by atoms with Crippen molar-refractivity contribution >= 4 is 63.7 Å². The third kappa shape index (κ3) is 9.30. The first-order chi connectivity index (χ1) is 16.9. The third-order valence-electron chi connectivity index (χ3n) is 4.50. The molecule has 5 nitrogen and oxygen atoms in total. The highest BCUT2D eigenvalue weighted by atomic mass is 35.5. The number of rotatable bonds is 12. The van der Waals surface area contributed by atoms with E-state index in [2.05, 4.69) is 5.16 Å². The third-order valence-corrected chi connectivity index (χ3v) is 5.65. The van der Waals surface area contributed by atoms with E-state index in [0.717, 1.165) is 12.1 Å². The molecule has 0 aliphatic rings.